The number of rotatable bonds is 8. The van der Waals surface area contributed by atoms with Crippen LogP contribution in [0.5, 0.6) is 11.5 Å². The molecule has 10 nitrogen and oxygen atoms in total. The Bertz CT molecular complexity index is 952. The van der Waals surface area contributed by atoms with Gasteiger partial charge < -0.3 is 9.47 Å². The number of hydrogen-bond donors (Lipinski definition) is 0. The van der Waals surface area contributed by atoms with Crippen LogP contribution in [0.25, 0.3) is 0 Å². The van der Waals surface area contributed by atoms with E-state index in [-0.39, 0.29) is 29.3 Å². The molecule has 0 heterocycles. The zero-order chi connectivity index (χ0) is 22.5. The van der Waals surface area contributed by atoms with Gasteiger partial charge in [0, 0.05) is 24.3 Å². The summed E-state index contributed by atoms with van der Waals surface area (Å²) >= 11 is 0. The predicted octanol–water partition coefficient (Wildman–Crippen LogP) is 4.07. The third-order valence-corrected chi connectivity index (χ3v) is 4.30. The van der Waals surface area contributed by atoms with Gasteiger partial charge in [0.15, 0.2) is 0 Å². The summed E-state index contributed by atoms with van der Waals surface area (Å²) in [5.74, 6) is -1.56. The number of non-ortho nitro benzene ring substituents is 2. The lowest BCUT2D eigenvalue weighted by molar-refractivity contribution is -0.385. The van der Waals surface area contributed by atoms with E-state index >= 15 is 0 Å². The molecule has 0 aliphatic heterocycles. The van der Waals surface area contributed by atoms with E-state index < -0.39 is 33.1 Å². The first-order valence-electron chi connectivity index (χ1n) is 8.92. The quantitative estimate of drug-likeness (QED) is 0.272. The van der Waals surface area contributed by atoms with Crippen LogP contribution >= 0.6 is 0 Å². The lowest BCUT2D eigenvalue weighted by atomic mass is 9.83. The van der Waals surface area contributed by atoms with Crippen molar-refractivity contribution in [2.45, 2.75) is 27.2 Å². The van der Waals surface area contributed by atoms with Crippen molar-refractivity contribution in [3.05, 3.63) is 68.8 Å². The minimum Gasteiger partial charge on any atom is -0.426 e. The van der Waals surface area contributed by atoms with E-state index in [0.29, 0.717) is 0 Å². The van der Waals surface area contributed by atoms with E-state index in [4.69, 9.17) is 9.47 Å². The van der Waals surface area contributed by atoms with Crippen molar-refractivity contribution in [2.75, 3.05) is 0 Å². The molecule has 0 radical (unpaired) electrons. The summed E-state index contributed by atoms with van der Waals surface area (Å²) in [6, 6.07) is 10.2. The van der Waals surface area contributed by atoms with E-state index in [9.17, 15) is 29.8 Å². The molecule has 1 unspecified atom stereocenters. The van der Waals surface area contributed by atoms with Crippen LogP contribution in [0.2, 0.25) is 0 Å². The molecular weight excluding hydrogens is 396 g/mol. The minimum absolute atomic E-state index is 0.116. The zero-order valence-electron chi connectivity index (χ0n) is 16.6. The van der Waals surface area contributed by atoms with Gasteiger partial charge in [-0.05, 0) is 44.5 Å². The monoisotopic (exact) mass is 416 g/mol. The molecular formula is C20H20N2O8. The fourth-order valence-electron chi connectivity index (χ4n) is 2.67. The van der Waals surface area contributed by atoms with E-state index in [1.165, 1.54) is 48.5 Å². The van der Waals surface area contributed by atoms with Crippen LogP contribution in [0.1, 0.15) is 27.2 Å². The van der Waals surface area contributed by atoms with Crippen molar-refractivity contribution in [3.8, 4) is 11.5 Å². The van der Waals surface area contributed by atoms with Gasteiger partial charge in [-0.3, -0.25) is 29.8 Å². The smallest absolute Gasteiger partial charge is 0.316 e. The molecule has 158 valence electrons. The number of nitro benzene ring substituents is 2. The number of carbonyl (C=O) groups is 2. The van der Waals surface area contributed by atoms with Crippen molar-refractivity contribution in [3.63, 3.8) is 0 Å². The molecule has 0 fully saturated rings. The Morgan fingerprint density at radius 2 is 1.27 bits per heavy atom. The van der Waals surface area contributed by atoms with Gasteiger partial charge in [-0.25, -0.2) is 0 Å². The second-order valence-electron chi connectivity index (χ2n) is 7.30. The van der Waals surface area contributed by atoms with Gasteiger partial charge in [0.1, 0.15) is 11.5 Å². The Labute approximate surface area is 171 Å². The molecule has 0 N–H and O–H groups in total. The number of nitro groups is 2. The highest BCUT2D eigenvalue weighted by Crippen LogP contribution is 2.30. The molecule has 2 aromatic carbocycles. The highest BCUT2D eigenvalue weighted by molar-refractivity contribution is 5.80. The van der Waals surface area contributed by atoms with E-state index in [1.54, 1.807) is 20.8 Å². The number of benzene rings is 2. The Hall–Kier alpha value is -3.82. The van der Waals surface area contributed by atoms with Crippen molar-refractivity contribution < 1.29 is 28.9 Å². The van der Waals surface area contributed by atoms with Gasteiger partial charge in [-0.2, -0.15) is 0 Å². The number of nitrogens with zero attached hydrogens (tertiary/aromatic N) is 2. The topological polar surface area (TPSA) is 139 Å². The van der Waals surface area contributed by atoms with Crippen LogP contribution in [-0.2, 0) is 9.59 Å². The average molecular weight is 416 g/mol. The highest BCUT2D eigenvalue weighted by Gasteiger charge is 2.34. The number of hydrogen-bond acceptors (Lipinski definition) is 8. The van der Waals surface area contributed by atoms with Gasteiger partial charge in [0.05, 0.1) is 21.2 Å². The van der Waals surface area contributed by atoms with Crippen molar-refractivity contribution in [2.24, 2.45) is 11.3 Å². The average Bonchev–Trinajstić information content (AvgIpc) is 2.68. The fraction of sp³-hybridized carbons (Fsp3) is 0.300. The van der Waals surface area contributed by atoms with Gasteiger partial charge in [-0.15, -0.1) is 0 Å². The standard InChI is InChI=1S/C20H20N2O8/c1-13(18(23)29-16-8-4-14(5-9-16)21(25)26)12-20(2,3)19(24)30-17-10-6-15(7-11-17)22(27)28/h4-11,13H,12H2,1-3H3. The maximum Gasteiger partial charge on any atom is 0.316 e. The Balaban J connectivity index is 1.96. The van der Waals surface area contributed by atoms with Crippen LogP contribution in [-0.4, -0.2) is 21.8 Å². The number of esters is 2. The lowest BCUT2D eigenvalue weighted by Crippen LogP contribution is -2.33. The van der Waals surface area contributed by atoms with E-state index in [0.717, 1.165) is 0 Å². The first-order chi connectivity index (χ1) is 14.0. The molecule has 2 aromatic rings. The zero-order valence-corrected chi connectivity index (χ0v) is 16.6. The van der Waals surface area contributed by atoms with Crippen LogP contribution in [0, 0.1) is 31.6 Å². The van der Waals surface area contributed by atoms with Gasteiger partial charge in [0.25, 0.3) is 11.4 Å². The SMILES string of the molecule is CC(CC(C)(C)C(=O)Oc1ccc([N+](=O)[O-])cc1)C(=O)Oc1ccc([N+](=O)[O-])cc1. The normalized spacial score (nSPS) is 12.0. The van der Waals surface area contributed by atoms with Crippen LogP contribution in [0.4, 0.5) is 11.4 Å². The summed E-state index contributed by atoms with van der Waals surface area (Å²) in [7, 11) is 0. The van der Waals surface area contributed by atoms with Crippen LogP contribution in [0.15, 0.2) is 48.5 Å². The second kappa shape index (κ2) is 9.12. The largest absolute Gasteiger partial charge is 0.426 e. The molecule has 2 rings (SSSR count). The fourth-order valence-corrected chi connectivity index (χ4v) is 2.67. The molecule has 0 aliphatic carbocycles. The summed E-state index contributed by atoms with van der Waals surface area (Å²) in [4.78, 5) is 45.0. The van der Waals surface area contributed by atoms with E-state index in [2.05, 4.69) is 0 Å². The summed E-state index contributed by atoms with van der Waals surface area (Å²) in [6.45, 7) is 4.81. The predicted molar refractivity (Wildman–Crippen MR) is 105 cm³/mol. The third kappa shape index (κ3) is 5.84. The first kappa shape index (κ1) is 22.5. The van der Waals surface area contributed by atoms with E-state index in [1.807, 2.05) is 0 Å². The lowest BCUT2D eigenvalue weighted by Gasteiger charge is -2.25. The maximum absolute atomic E-state index is 12.5. The van der Waals surface area contributed by atoms with Gasteiger partial charge >= 0.3 is 11.9 Å². The number of carbonyl (C=O) groups excluding carboxylic acids is 2. The molecule has 0 aliphatic rings. The molecule has 0 saturated carbocycles. The minimum atomic E-state index is -1.05. The molecule has 0 aromatic heterocycles. The molecule has 1 atom stereocenters. The van der Waals surface area contributed by atoms with Crippen LogP contribution in [0.3, 0.4) is 0 Å². The maximum atomic E-state index is 12.5. The number of ether oxygens (including phenoxy) is 2. The summed E-state index contributed by atoms with van der Waals surface area (Å²) < 4.78 is 10.5. The molecule has 0 saturated heterocycles. The molecule has 0 spiro atoms. The highest BCUT2D eigenvalue weighted by atomic mass is 16.6. The van der Waals surface area contributed by atoms with Crippen molar-refractivity contribution in [1.82, 2.24) is 0 Å². The Kier molecular flexibility index (Phi) is 6.83. The summed E-state index contributed by atoms with van der Waals surface area (Å²) in [5, 5.41) is 21.3. The Morgan fingerprint density at radius 3 is 1.67 bits per heavy atom. The van der Waals surface area contributed by atoms with Gasteiger partial charge in [-0.1, -0.05) is 6.92 Å². The van der Waals surface area contributed by atoms with Crippen molar-refractivity contribution >= 4 is 23.3 Å². The molecule has 0 bridgehead atoms. The summed E-state index contributed by atoms with van der Waals surface area (Å²) in [5.41, 5.74) is -1.30. The molecule has 10 heteroatoms. The summed E-state index contributed by atoms with van der Waals surface area (Å²) in [6.07, 6.45) is 0.116. The van der Waals surface area contributed by atoms with Gasteiger partial charge in [0.2, 0.25) is 0 Å². The Morgan fingerprint density at radius 1 is 0.867 bits per heavy atom. The first-order valence-corrected chi connectivity index (χ1v) is 8.92. The molecule has 30 heavy (non-hydrogen) atoms. The van der Waals surface area contributed by atoms with Crippen LogP contribution < -0.4 is 9.47 Å². The second-order valence-corrected chi connectivity index (χ2v) is 7.30. The van der Waals surface area contributed by atoms with Crippen molar-refractivity contribution in [1.29, 1.82) is 0 Å². The molecule has 0 amide bonds. The third-order valence-electron chi connectivity index (χ3n) is 4.30.